The summed E-state index contributed by atoms with van der Waals surface area (Å²) in [6.07, 6.45) is 3.35. The lowest BCUT2D eigenvalue weighted by Crippen LogP contribution is -2.42. The van der Waals surface area contributed by atoms with Crippen molar-refractivity contribution in [1.82, 2.24) is 28.9 Å². The molecule has 0 aliphatic rings. The van der Waals surface area contributed by atoms with Crippen molar-refractivity contribution in [2.45, 2.75) is 23.9 Å². The van der Waals surface area contributed by atoms with Gasteiger partial charge in [-0.1, -0.05) is 42.1 Å². The van der Waals surface area contributed by atoms with E-state index in [1.807, 2.05) is 47.0 Å². The highest BCUT2D eigenvalue weighted by atomic mass is 32.2. The van der Waals surface area contributed by atoms with Gasteiger partial charge in [-0.3, -0.25) is 28.3 Å². The number of pyridine rings is 1. The van der Waals surface area contributed by atoms with Gasteiger partial charge in [-0.25, -0.2) is 4.79 Å². The maximum Gasteiger partial charge on any atom is 0.332 e. The van der Waals surface area contributed by atoms with Gasteiger partial charge in [-0.15, -0.1) is 10.2 Å². The Bertz CT molecular complexity index is 1460. The molecule has 174 valence electrons. The number of ketones is 1. The number of Topliss-reactive ketones (excluding diaryl/α,β-unsaturated/α-hetero) is 1. The quantitative estimate of drug-likeness (QED) is 0.315. The van der Waals surface area contributed by atoms with Gasteiger partial charge in [0.25, 0.3) is 5.56 Å². The third-order valence-electron chi connectivity index (χ3n) is 5.45. The molecule has 1 atom stereocenters. The first-order valence-corrected chi connectivity index (χ1v) is 11.3. The Morgan fingerprint density at radius 3 is 2.38 bits per heavy atom. The largest absolute Gasteiger partial charge is 0.384 e. The summed E-state index contributed by atoms with van der Waals surface area (Å²) in [4.78, 5) is 42.1. The average Bonchev–Trinajstić information content (AvgIpc) is 3.24. The van der Waals surface area contributed by atoms with Crippen LogP contribution in [0.2, 0.25) is 0 Å². The van der Waals surface area contributed by atoms with Crippen LogP contribution in [0.5, 0.6) is 0 Å². The Morgan fingerprint density at radius 2 is 1.71 bits per heavy atom. The number of nitrogens with zero attached hydrogens (tertiary/aromatic N) is 6. The SMILES string of the molecule is CC(Sc1nnc(-c2ccncc2)n1Cc1ccccc1)C(=O)c1c(N)n(C)c(=O)n(C)c1=O. The number of hydrogen-bond donors (Lipinski definition) is 1. The monoisotopic (exact) mass is 477 g/mol. The van der Waals surface area contributed by atoms with Gasteiger partial charge in [-0.2, -0.15) is 0 Å². The fourth-order valence-electron chi connectivity index (χ4n) is 3.51. The molecule has 0 aliphatic carbocycles. The van der Waals surface area contributed by atoms with Gasteiger partial charge in [0.1, 0.15) is 11.4 Å². The summed E-state index contributed by atoms with van der Waals surface area (Å²) in [6.45, 7) is 2.16. The molecule has 0 saturated heterocycles. The summed E-state index contributed by atoms with van der Waals surface area (Å²) in [5.74, 6) is -0.0156. The summed E-state index contributed by atoms with van der Waals surface area (Å²) in [5.41, 5.74) is 6.32. The highest BCUT2D eigenvalue weighted by Crippen LogP contribution is 2.29. The van der Waals surface area contributed by atoms with Gasteiger partial charge in [0.2, 0.25) is 0 Å². The predicted octanol–water partition coefficient (Wildman–Crippen LogP) is 1.73. The summed E-state index contributed by atoms with van der Waals surface area (Å²) in [6, 6.07) is 13.5. The van der Waals surface area contributed by atoms with Crippen LogP contribution < -0.4 is 17.0 Å². The Hall–Kier alpha value is -3.99. The van der Waals surface area contributed by atoms with E-state index in [2.05, 4.69) is 15.2 Å². The minimum Gasteiger partial charge on any atom is -0.384 e. The smallest absolute Gasteiger partial charge is 0.332 e. The fourth-order valence-corrected chi connectivity index (χ4v) is 4.41. The standard InChI is InChI=1S/C23H23N7O3S/c1-14(18(31)17-19(24)28(2)23(33)29(3)21(17)32)34-22-27-26-20(16-9-11-25-12-10-16)30(22)13-15-7-5-4-6-8-15/h4-12,14H,13,24H2,1-3H3. The van der Waals surface area contributed by atoms with Crippen molar-refractivity contribution in [3.8, 4) is 11.4 Å². The fraction of sp³-hybridized carbons (Fsp3) is 0.217. The molecule has 34 heavy (non-hydrogen) atoms. The van der Waals surface area contributed by atoms with E-state index in [-0.39, 0.29) is 11.4 Å². The summed E-state index contributed by atoms with van der Waals surface area (Å²) < 4.78 is 3.88. The van der Waals surface area contributed by atoms with Gasteiger partial charge in [-0.05, 0) is 24.6 Å². The van der Waals surface area contributed by atoms with Crippen LogP contribution >= 0.6 is 11.8 Å². The number of nitrogens with two attached hydrogens (primary N) is 1. The van der Waals surface area contributed by atoms with Crippen LogP contribution in [0.3, 0.4) is 0 Å². The molecule has 0 radical (unpaired) electrons. The number of carbonyl (C=O) groups is 1. The molecule has 4 aromatic rings. The maximum absolute atomic E-state index is 13.3. The third kappa shape index (κ3) is 4.29. The molecule has 10 nitrogen and oxygen atoms in total. The van der Waals surface area contributed by atoms with E-state index in [1.165, 1.54) is 25.9 Å². The van der Waals surface area contributed by atoms with Crippen LogP contribution in [0.25, 0.3) is 11.4 Å². The zero-order chi connectivity index (χ0) is 24.4. The number of anilines is 1. The van der Waals surface area contributed by atoms with Crippen LogP contribution in [0.4, 0.5) is 5.82 Å². The first-order valence-electron chi connectivity index (χ1n) is 10.4. The van der Waals surface area contributed by atoms with Crippen LogP contribution in [0, 0.1) is 0 Å². The number of nitrogen functional groups attached to an aromatic ring is 1. The lowest BCUT2D eigenvalue weighted by atomic mass is 10.1. The van der Waals surface area contributed by atoms with Crippen molar-refractivity contribution in [3.05, 3.63) is 86.8 Å². The van der Waals surface area contributed by atoms with Crippen molar-refractivity contribution < 1.29 is 4.79 Å². The number of aromatic nitrogens is 6. The zero-order valence-corrected chi connectivity index (χ0v) is 19.7. The second kappa shape index (κ2) is 9.48. The Kier molecular flexibility index (Phi) is 6.46. The molecule has 1 aromatic carbocycles. The molecule has 0 aliphatic heterocycles. The predicted molar refractivity (Wildman–Crippen MR) is 130 cm³/mol. The van der Waals surface area contributed by atoms with Gasteiger partial charge in [0.15, 0.2) is 16.8 Å². The minimum absolute atomic E-state index is 0.159. The highest BCUT2D eigenvalue weighted by Gasteiger charge is 2.27. The van der Waals surface area contributed by atoms with E-state index in [0.29, 0.717) is 17.5 Å². The van der Waals surface area contributed by atoms with E-state index < -0.39 is 22.3 Å². The maximum atomic E-state index is 13.3. The van der Waals surface area contributed by atoms with E-state index in [4.69, 9.17) is 5.73 Å². The zero-order valence-electron chi connectivity index (χ0n) is 18.9. The average molecular weight is 478 g/mol. The molecule has 0 bridgehead atoms. The molecule has 1 unspecified atom stereocenters. The van der Waals surface area contributed by atoms with Crippen LogP contribution in [-0.4, -0.2) is 39.9 Å². The van der Waals surface area contributed by atoms with Crippen molar-refractivity contribution in [2.75, 3.05) is 5.73 Å². The van der Waals surface area contributed by atoms with Gasteiger partial charge in [0.05, 0.1) is 11.8 Å². The number of benzene rings is 1. The molecule has 0 saturated carbocycles. The van der Waals surface area contributed by atoms with Crippen molar-refractivity contribution in [3.63, 3.8) is 0 Å². The number of rotatable bonds is 7. The lowest BCUT2D eigenvalue weighted by molar-refractivity contribution is 0.0992. The lowest BCUT2D eigenvalue weighted by Gasteiger charge is -2.15. The highest BCUT2D eigenvalue weighted by molar-refractivity contribution is 8.00. The van der Waals surface area contributed by atoms with E-state index in [9.17, 15) is 14.4 Å². The third-order valence-corrected chi connectivity index (χ3v) is 6.53. The second-order valence-corrected chi connectivity index (χ2v) is 9.01. The van der Waals surface area contributed by atoms with Crippen LogP contribution in [0.1, 0.15) is 22.8 Å². The molecule has 4 rings (SSSR count). The summed E-state index contributed by atoms with van der Waals surface area (Å²) in [7, 11) is 2.74. The van der Waals surface area contributed by atoms with E-state index >= 15 is 0 Å². The molecular formula is C23H23N7O3S. The Labute approximate surface area is 199 Å². The molecule has 11 heteroatoms. The van der Waals surface area contributed by atoms with Gasteiger partial charge >= 0.3 is 5.69 Å². The van der Waals surface area contributed by atoms with Gasteiger partial charge < -0.3 is 5.73 Å². The van der Waals surface area contributed by atoms with E-state index in [1.54, 1.807) is 19.3 Å². The molecular weight excluding hydrogens is 454 g/mol. The Balaban J connectivity index is 1.72. The van der Waals surface area contributed by atoms with Crippen LogP contribution in [-0.2, 0) is 20.6 Å². The first kappa shape index (κ1) is 23.2. The van der Waals surface area contributed by atoms with Crippen LogP contribution in [0.15, 0.2) is 69.6 Å². The Morgan fingerprint density at radius 1 is 1.03 bits per heavy atom. The van der Waals surface area contributed by atoms with Crippen molar-refractivity contribution >= 4 is 23.4 Å². The molecule has 0 amide bonds. The topological polar surface area (TPSA) is 131 Å². The molecule has 0 spiro atoms. The van der Waals surface area contributed by atoms with Crippen molar-refractivity contribution in [2.24, 2.45) is 14.1 Å². The normalized spacial score (nSPS) is 12.0. The number of thioether (sulfide) groups is 1. The molecule has 0 fully saturated rings. The first-order chi connectivity index (χ1) is 16.3. The number of carbonyl (C=O) groups excluding carboxylic acids is 1. The molecule has 2 N–H and O–H groups in total. The summed E-state index contributed by atoms with van der Waals surface area (Å²) >= 11 is 1.17. The summed E-state index contributed by atoms with van der Waals surface area (Å²) in [5, 5.41) is 8.49. The minimum atomic E-state index is -0.721. The van der Waals surface area contributed by atoms with Crippen molar-refractivity contribution in [1.29, 1.82) is 0 Å². The number of hydrogen-bond acceptors (Lipinski definition) is 8. The second-order valence-electron chi connectivity index (χ2n) is 7.70. The molecule has 3 heterocycles. The molecule has 3 aromatic heterocycles. The van der Waals surface area contributed by atoms with Gasteiger partial charge in [0, 0.05) is 32.1 Å². The van der Waals surface area contributed by atoms with E-state index in [0.717, 1.165) is 20.3 Å².